The average Bonchev–Trinajstić information content (AvgIpc) is 3.25. The van der Waals surface area contributed by atoms with Gasteiger partial charge in [-0.25, -0.2) is 9.48 Å². The Morgan fingerprint density at radius 1 is 1.14 bits per heavy atom. The van der Waals surface area contributed by atoms with Crippen molar-refractivity contribution < 1.29 is 19.4 Å². The Hall–Kier alpha value is -2.20. The molecule has 36 heavy (non-hydrogen) atoms. The zero-order valence-corrected chi connectivity index (χ0v) is 24.0. The summed E-state index contributed by atoms with van der Waals surface area (Å²) < 4.78 is 15.3. The Morgan fingerprint density at radius 3 is 2.53 bits per heavy atom. The van der Waals surface area contributed by atoms with Crippen LogP contribution in [0.15, 0.2) is 53.1 Å². The Bertz CT molecular complexity index is 1170. The largest absolute Gasteiger partial charge is 0.465 e. The maximum atomic E-state index is 11.5. The second kappa shape index (κ2) is 11.5. The van der Waals surface area contributed by atoms with Crippen LogP contribution in [0.5, 0.6) is 0 Å². The molecule has 0 atom stereocenters. The fraction of sp³-hybridized carbons (Fsp3) is 0.481. The lowest BCUT2D eigenvalue weighted by molar-refractivity contribution is 0.0368. The van der Waals surface area contributed by atoms with Crippen molar-refractivity contribution in [2.75, 3.05) is 26.3 Å². The summed E-state index contributed by atoms with van der Waals surface area (Å²) in [5.41, 5.74) is 3.08. The average molecular weight is 575 g/mol. The van der Waals surface area contributed by atoms with Crippen LogP contribution in [-0.2, 0) is 28.2 Å². The van der Waals surface area contributed by atoms with Crippen molar-refractivity contribution in [1.82, 2.24) is 14.7 Å². The van der Waals surface area contributed by atoms with Crippen LogP contribution in [0.2, 0.25) is 25.7 Å². The number of carboxylic acid groups (broad SMARTS) is 1. The van der Waals surface area contributed by atoms with Crippen LogP contribution < -0.4 is 0 Å². The Labute approximate surface area is 222 Å². The van der Waals surface area contributed by atoms with Crippen LogP contribution in [0, 0.1) is 0 Å². The standard InChI is InChI=1S/C27H36BrN3O4Si/c1-36(2,3)14-13-34-20-31-25-21(17-29-31)15-24(28)16-22(25)18-35-19-27(23-7-5-4-6-8-23)9-11-30(12-10-27)26(32)33/h4-8,15-17H,9-14,18-20H2,1-3H3,(H,32,33). The van der Waals surface area contributed by atoms with E-state index < -0.39 is 14.2 Å². The highest BCUT2D eigenvalue weighted by atomic mass is 79.9. The molecule has 1 fully saturated rings. The molecule has 194 valence electrons. The highest BCUT2D eigenvalue weighted by Gasteiger charge is 2.37. The lowest BCUT2D eigenvalue weighted by atomic mass is 9.73. The van der Waals surface area contributed by atoms with E-state index in [1.807, 2.05) is 29.1 Å². The Kier molecular flexibility index (Phi) is 8.54. The molecular weight excluding hydrogens is 538 g/mol. The van der Waals surface area contributed by atoms with Gasteiger partial charge in [0, 0.05) is 48.6 Å². The zero-order valence-electron chi connectivity index (χ0n) is 21.4. The maximum Gasteiger partial charge on any atom is 0.407 e. The van der Waals surface area contributed by atoms with Crippen LogP contribution in [-0.4, -0.2) is 60.3 Å². The van der Waals surface area contributed by atoms with Gasteiger partial charge in [0.2, 0.25) is 0 Å². The number of hydrogen-bond donors (Lipinski definition) is 1. The number of fused-ring (bicyclic) bond motifs is 1. The highest BCUT2D eigenvalue weighted by molar-refractivity contribution is 9.10. The molecule has 1 aliphatic heterocycles. The molecule has 0 unspecified atom stereocenters. The summed E-state index contributed by atoms with van der Waals surface area (Å²) in [6.45, 7) is 10.2. The van der Waals surface area contributed by atoms with Gasteiger partial charge >= 0.3 is 6.09 Å². The number of halogens is 1. The molecule has 7 nitrogen and oxygen atoms in total. The van der Waals surface area contributed by atoms with Crippen LogP contribution in [0.1, 0.15) is 24.0 Å². The fourth-order valence-corrected chi connectivity index (χ4v) is 6.09. The van der Waals surface area contributed by atoms with Crippen molar-refractivity contribution in [3.05, 3.63) is 64.3 Å². The third-order valence-electron chi connectivity index (χ3n) is 7.00. The molecule has 0 saturated carbocycles. The molecule has 1 N–H and O–H groups in total. The van der Waals surface area contributed by atoms with Gasteiger partial charge in [0.15, 0.2) is 0 Å². The first kappa shape index (κ1) is 26.8. The van der Waals surface area contributed by atoms with E-state index in [0.717, 1.165) is 46.4 Å². The summed E-state index contributed by atoms with van der Waals surface area (Å²) in [6, 6.07) is 15.6. The van der Waals surface area contributed by atoms with E-state index >= 15 is 0 Å². The van der Waals surface area contributed by atoms with Crippen molar-refractivity contribution >= 4 is 41.0 Å². The summed E-state index contributed by atoms with van der Waals surface area (Å²) in [4.78, 5) is 13.0. The van der Waals surface area contributed by atoms with Gasteiger partial charge in [-0.15, -0.1) is 0 Å². The normalized spacial score (nSPS) is 15.9. The summed E-state index contributed by atoms with van der Waals surface area (Å²) >= 11 is 3.63. The third kappa shape index (κ3) is 6.56. The number of nitrogens with zero attached hydrogens (tertiary/aromatic N) is 3. The third-order valence-corrected chi connectivity index (χ3v) is 9.16. The lowest BCUT2D eigenvalue weighted by Crippen LogP contribution is -2.47. The van der Waals surface area contributed by atoms with Gasteiger partial charge in [-0.05, 0) is 36.6 Å². The SMILES string of the molecule is C[Si](C)(C)CCOCn1ncc2cc(Br)cc(COCC3(c4ccccc4)CCN(C(=O)O)CC3)c21. The summed E-state index contributed by atoms with van der Waals surface area (Å²) in [7, 11) is -1.15. The van der Waals surface area contributed by atoms with Crippen molar-refractivity contribution in [1.29, 1.82) is 0 Å². The molecule has 9 heteroatoms. The number of piperidine rings is 1. The molecule has 4 rings (SSSR count). The van der Waals surface area contributed by atoms with Crippen molar-refractivity contribution in [2.45, 2.75) is 57.3 Å². The maximum absolute atomic E-state index is 11.5. The molecule has 1 saturated heterocycles. The molecular formula is C27H36BrN3O4Si. The minimum atomic E-state index is -1.15. The van der Waals surface area contributed by atoms with Crippen LogP contribution in [0.25, 0.3) is 10.9 Å². The van der Waals surface area contributed by atoms with Gasteiger partial charge in [0.1, 0.15) is 6.73 Å². The second-order valence-electron chi connectivity index (χ2n) is 10.9. The number of amides is 1. The van der Waals surface area contributed by atoms with Gasteiger partial charge in [0.25, 0.3) is 0 Å². The van der Waals surface area contributed by atoms with Crippen molar-refractivity contribution in [3.8, 4) is 0 Å². The van der Waals surface area contributed by atoms with E-state index in [-0.39, 0.29) is 5.41 Å². The topological polar surface area (TPSA) is 76.8 Å². The van der Waals surface area contributed by atoms with Crippen LogP contribution >= 0.6 is 15.9 Å². The number of ether oxygens (including phenoxy) is 2. The monoisotopic (exact) mass is 573 g/mol. The number of carbonyl (C=O) groups is 1. The van der Waals surface area contributed by atoms with Gasteiger partial charge in [-0.3, -0.25) is 0 Å². The minimum Gasteiger partial charge on any atom is -0.465 e. The number of hydrogen-bond acceptors (Lipinski definition) is 4. The predicted octanol–water partition coefficient (Wildman–Crippen LogP) is 6.34. The first-order chi connectivity index (χ1) is 17.2. The van der Waals surface area contributed by atoms with Gasteiger partial charge in [0.05, 0.1) is 24.9 Å². The molecule has 3 aromatic rings. The van der Waals surface area contributed by atoms with Gasteiger partial charge < -0.3 is 19.5 Å². The Balaban J connectivity index is 1.48. The summed E-state index contributed by atoms with van der Waals surface area (Å²) in [5.74, 6) is 0. The molecule has 0 radical (unpaired) electrons. The zero-order chi connectivity index (χ0) is 25.8. The van der Waals surface area contributed by atoms with E-state index in [1.54, 1.807) is 0 Å². The summed E-state index contributed by atoms with van der Waals surface area (Å²) in [5, 5.41) is 15.1. The van der Waals surface area contributed by atoms with Gasteiger partial charge in [-0.1, -0.05) is 65.9 Å². The van der Waals surface area contributed by atoms with E-state index in [2.05, 4.69) is 64.9 Å². The van der Waals surface area contributed by atoms with Crippen LogP contribution in [0.3, 0.4) is 0 Å². The highest BCUT2D eigenvalue weighted by Crippen LogP contribution is 2.36. The molecule has 2 heterocycles. The molecule has 1 aromatic heterocycles. The fourth-order valence-electron chi connectivity index (χ4n) is 4.81. The molecule has 0 spiro atoms. The van der Waals surface area contributed by atoms with E-state index in [9.17, 15) is 9.90 Å². The van der Waals surface area contributed by atoms with Gasteiger partial charge in [-0.2, -0.15) is 5.10 Å². The van der Waals surface area contributed by atoms with Crippen molar-refractivity contribution in [2.24, 2.45) is 0 Å². The van der Waals surface area contributed by atoms with Crippen molar-refractivity contribution in [3.63, 3.8) is 0 Å². The van der Waals surface area contributed by atoms with E-state index in [4.69, 9.17) is 9.47 Å². The minimum absolute atomic E-state index is 0.210. The number of rotatable bonds is 10. The molecule has 0 bridgehead atoms. The lowest BCUT2D eigenvalue weighted by Gasteiger charge is -2.41. The quantitative estimate of drug-likeness (QED) is 0.226. The Morgan fingerprint density at radius 2 is 1.86 bits per heavy atom. The number of aromatic nitrogens is 2. The molecule has 0 aliphatic carbocycles. The molecule has 1 amide bonds. The number of likely N-dealkylation sites (tertiary alicyclic amines) is 1. The van der Waals surface area contributed by atoms with E-state index in [1.165, 1.54) is 10.5 Å². The first-order valence-corrected chi connectivity index (χ1v) is 17.0. The van der Waals surface area contributed by atoms with Crippen LogP contribution in [0.4, 0.5) is 4.79 Å². The molecule has 2 aromatic carbocycles. The smallest absolute Gasteiger partial charge is 0.407 e. The second-order valence-corrected chi connectivity index (χ2v) is 17.4. The predicted molar refractivity (Wildman–Crippen MR) is 148 cm³/mol. The number of benzene rings is 2. The van der Waals surface area contributed by atoms with E-state index in [0.29, 0.717) is 33.0 Å². The molecule has 1 aliphatic rings. The first-order valence-electron chi connectivity index (χ1n) is 12.5. The summed E-state index contributed by atoms with van der Waals surface area (Å²) in [6.07, 6.45) is 2.49.